The Balaban J connectivity index is 1.68. The third-order valence-corrected chi connectivity index (χ3v) is 3.11. The summed E-state index contributed by atoms with van der Waals surface area (Å²) in [5.74, 6) is 0.853. The zero-order valence-electron chi connectivity index (χ0n) is 9.52. The molecule has 3 aromatic heterocycles. The Hall–Kier alpha value is -2.21. The van der Waals surface area contributed by atoms with Crippen molar-refractivity contribution in [3.05, 3.63) is 53.6 Å². The summed E-state index contributed by atoms with van der Waals surface area (Å²) in [5.41, 5.74) is 3.85. The van der Waals surface area contributed by atoms with Crippen molar-refractivity contribution in [3.8, 4) is 5.82 Å². The summed E-state index contributed by atoms with van der Waals surface area (Å²) in [6, 6.07) is 3.94. The first-order chi connectivity index (χ1) is 8.92. The van der Waals surface area contributed by atoms with Crippen molar-refractivity contribution in [3.63, 3.8) is 0 Å². The van der Waals surface area contributed by atoms with Gasteiger partial charge in [-0.15, -0.1) is 11.3 Å². The van der Waals surface area contributed by atoms with E-state index in [1.807, 2.05) is 40.0 Å². The number of imidazole rings is 1. The first-order valence-electron chi connectivity index (χ1n) is 5.47. The van der Waals surface area contributed by atoms with E-state index in [1.54, 1.807) is 23.9 Å². The van der Waals surface area contributed by atoms with Gasteiger partial charge >= 0.3 is 0 Å². The van der Waals surface area contributed by atoms with Crippen molar-refractivity contribution in [1.29, 1.82) is 0 Å². The van der Waals surface area contributed by atoms with Gasteiger partial charge in [0, 0.05) is 17.8 Å². The minimum atomic E-state index is 0.718. The van der Waals surface area contributed by atoms with Crippen LogP contribution in [0.3, 0.4) is 0 Å². The normalized spacial score (nSPS) is 10.4. The third-order valence-electron chi connectivity index (χ3n) is 2.47. The lowest BCUT2D eigenvalue weighted by Crippen LogP contribution is -2.01. The van der Waals surface area contributed by atoms with E-state index in [4.69, 9.17) is 0 Å². The van der Waals surface area contributed by atoms with Crippen LogP contribution in [0, 0.1) is 0 Å². The van der Waals surface area contributed by atoms with E-state index < -0.39 is 0 Å². The summed E-state index contributed by atoms with van der Waals surface area (Å²) >= 11 is 1.60. The van der Waals surface area contributed by atoms with Crippen LogP contribution in [0.15, 0.2) is 47.9 Å². The second kappa shape index (κ2) is 4.97. The number of rotatable bonds is 4. The highest BCUT2D eigenvalue weighted by Gasteiger charge is 1.99. The maximum Gasteiger partial charge on any atom is 0.137 e. The molecule has 0 spiro atoms. The Morgan fingerprint density at radius 3 is 2.94 bits per heavy atom. The summed E-state index contributed by atoms with van der Waals surface area (Å²) in [6.45, 7) is 0.718. The van der Waals surface area contributed by atoms with Crippen molar-refractivity contribution >= 4 is 17.0 Å². The van der Waals surface area contributed by atoms with Gasteiger partial charge in [-0.3, -0.25) is 4.57 Å². The van der Waals surface area contributed by atoms with Crippen LogP contribution in [0.25, 0.3) is 5.82 Å². The van der Waals surface area contributed by atoms with E-state index >= 15 is 0 Å². The van der Waals surface area contributed by atoms with Crippen LogP contribution in [-0.4, -0.2) is 19.5 Å². The average Bonchev–Trinajstić information content (AvgIpc) is 3.10. The van der Waals surface area contributed by atoms with E-state index in [1.165, 1.54) is 0 Å². The van der Waals surface area contributed by atoms with Gasteiger partial charge in [0.2, 0.25) is 0 Å². The molecule has 18 heavy (non-hydrogen) atoms. The number of hydrogen-bond donors (Lipinski definition) is 1. The van der Waals surface area contributed by atoms with E-state index in [9.17, 15) is 0 Å². The molecule has 0 atom stereocenters. The van der Waals surface area contributed by atoms with E-state index in [2.05, 4.69) is 20.3 Å². The Bertz CT molecular complexity index is 586. The quantitative estimate of drug-likeness (QED) is 0.779. The van der Waals surface area contributed by atoms with Crippen LogP contribution < -0.4 is 5.32 Å². The summed E-state index contributed by atoms with van der Waals surface area (Å²) in [5, 5.41) is 5.30. The number of thiazole rings is 1. The SMILES string of the molecule is c1cn(-c2ccc(NCc3cscn3)cn2)cn1. The van der Waals surface area contributed by atoms with Gasteiger partial charge in [0.1, 0.15) is 12.1 Å². The lowest BCUT2D eigenvalue weighted by atomic mass is 10.4. The molecular formula is C12H11N5S. The van der Waals surface area contributed by atoms with Crippen molar-refractivity contribution < 1.29 is 0 Å². The predicted octanol–water partition coefficient (Wildman–Crippen LogP) is 2.34. The van der Waals surface area contributed by atoms with Gasteiger partial charge in [0.05, 0.1) is 29.6 Å². The van der Waals surface area contributed by atoms with Crippen LogP contribution in [0.2, 0.25) is 0 Å². The zero-order chi connectivity index (χ0) is 12.2. The molecular weight excluding hydrogens is 246 g/mol. The summed E-state index contributed by atoms with van der Waals surface area (Å²) in [4.78, 5) is 12.6. The Morgan fingerprint density at radius 1 is 1.28 bits per heavy atom. The Kier molecular flexibility index (Phi) is 3.01. The monoisotopic (exact) mass is 257 g/mol. The summed E-state index contributed by atoms with van der Waals surface area (Å²) < 4.78 is 1.87. The highest BCUT2D eigenvalue weighted by molar-refractivity contribution is 7.07. The molecule has 0 aliphatic carbocycles. The molecule has 1 N–H and O–H groups in total. The van der Waals surface area contributed by atoms with Crippen molar-refractivity contribution in [2.75, 3.05) is 5.32 Å². The minimum Gasteiger partial charge on any atom is -0.378 e. The molecule has 0 saturated carbocycles. The number of hydrogen-bond acceptors (Lipinski definition) is 5. The fourth-order valence-corrected chi connectivity index (χ4v) is 2.11. The molecule has 3 heterocycles. The first kappa shape index (κ1) is 10.9. The predicted molar refractivity (Wildman–Crippen MR) is 70.8 cm³/mol. The lowest BCUT2D eigenvalue weighted by Gasteiger charge is -2.05. The number of nitrogens with one attached hydrogen (secondary N) is 1. The first-order valence-corrected chi connectivity index (χ1v) is 6.41. The van der Waals surface area contributed by atoms with Crippen LogP contribution in [0.5, 0.6) is 0 Å². The van der Waals surface area contributed by atoms with Gasteiger partial charge < -0.3 is 5.32 Å². The van der Waals surface area contributed by atoms with Gasteiger partial charge in [0.15, 0.2) is 0 Å². The molecule has 0 saturated heterocycles. The maximum atomic E-state index is 4.36. The van der Waals surface area contributed by atoms with Gasteiger partial charge in [0.25, 0.3) is 0 Å². The molecule has 5 nitrogen and oxygen atoms in total. The molecule has 0 amide bonds. The lowest BCUT2D eigenvalue weighted by molar-refractivity contribution is 0.989. The molecule has 0 bridgehead atoms. The highest BCUT2D eigenvalue weighted by atomic mass is 32.1. The molecule has 3 rings (SSSR count). The minimum absolute atomic E-state index is 0.718. The largest absolute Gasteiger partial charge is 0.378 e. The molecule has 90 valence electrons. The molecule has 3 aromatic rings. The van der Waals surface area contributed by atoms with Crippen LogP contribution in [0.4, 0.5) is 5.69 Å². The van der Waals surface area contributed by atoms with Crippen LogP contribution in [-0.2, 0) is 6.54 Å². The second-order valence-corrected chi connectivity index (χ2v) is 4.43. The number of anilines is 1. The second-order valence-electron chi connectivity index (χ2n) is 3.71. The highest BCUT2D eigenvalue weighted by Crippen LogP contribution is 2.11. The van der Waals surface area contributed by atoms with Gasteiger partial charge in [-0.2, -0.15) is 0 Å². The number of nitrogens with zero attached hydrogens (tertiary/aromatic N) is 4. The number of pyridine rings is 1. The fourth-order valence-electron chi connectivity index (χ4n) is 1.56. The van der Waals surface area contributed by atoms with Gasteiger partial charge in [-0.1, -0.05) is 0 Å². The third kappa shape index (κ3) is 2.38. The molecule has 0 unspecified atom stereocenters. The van der Waals surface area contributed by atoms with Crippen LogP contribution in [0.1, 0.15) is 5.69 Å². The smallest absolute Gasteiger partial charge is 0.137 e. The number of aromatic nitrogens is 4. The molecule has 0 fully saturated rings. The average molecular weight is 257 g/mol. The van der Waals surface area contributed by atoms with Crippen molar-refractivity contribution in [2.45, 2.75) is 6.54 Å². The topological polar surface area (TPSA) is 55.6 Å². The Labute approximate surface area is 108 Å². The molecule has 0 radical (unpaired) electrons. The summed E-state index contributed by atoms with van der Waals surface area (Å²) in [6.07, 6.45) is 7.13. The Morgan fingerprint density at radius 2 is 2.28 bits per heavy atom. The van der Waals surface area contributed by atoms with Crippen LogP contribution >= 0.6 is 11.3 Å². The zero-order valence-corrected chi connectivity index (χ0v) is 10.3. The standard InChI is InChI=1S/C12H11N5S/c1-2-12(17-4-3-13-8-17)15-5-10(1)14-6-11-7-18-9-16-11/h1-5,7-9,14H,6H2. The van der Waals surface area contributed by atoms with Gasteiger partial charge in [-0.05, 0) is 12.1 Å². The van der Waals surface area contributed by atoms with E-state index in [0.717, 1.165) is 23.7 Å². The molecule has 0 aromatic carbocycles. The van der Waals surface area contributed by atoms with E-state index in [0.29, 0.717) is 0 Å². The maximum absolute atomic E-state index is 4.36. The van der Waals surface area contributed by atoms with Gasteiger partial charge in [-0.25, -0.2) is 15.0 Å². The fraction of sp³-hybridized carbons (Fsp3) is 0.0833. The van der Waals surface area contributed by atoms with Crippen molar-refractivity contribution in [2.24, 2.45) is 0 Å². The molecule has 6 heteroatoms. The molecule has 0 aliphatic rings. The van der Waals surface area contributed by atoms with Crippen molar-refractivity contribution in [1.82, 2.24) is 19.5 Å². The summed E-state index contributed by atoms with van der Waals surface area (Å²) in [7, 11) is 0. The molecule has 0 aliphatic heterocycles. The van der Waals surface area contributed by atoms with E-state index in [-0.39, 0.29) is 0 Å².